The lowest BCUT2D eigenvalue weighted by Crippen LogP contribution is -1.96. The lowest BCUT2D eigenvalue weighted by atomic mass is 10.1. The van der Waals surface area contributed by atoms with Gasteiger partial charge in [0.25, 0.3) is 0 Å². The molecule has 0 aliphatic rings. The first-order chi connectivity index (χ1) is 9.86. The highest BCUT2D eigenvalue weighted by Crippen LogP contribution is 2.13. The van der Waals surface area contributed by atoms with E-state index >= 15 is 0 Å². The van der Waals surface area contributed by atoms with E-state index in [4.69, 9.17) is 9.47 Å². The van der Waals surface area contributed by atoms with Crippen LogP contribution in [0.15, 0.2) is 24.3 Å². The minimum absolute atomic E-state index is 0.680. The number of methoxy groups -OCH3 is 1. The quantitative estimate of drug-likeness (QED) is 0.438. The maximum atomic E-state index is 5.70. The standard InChI is InChI=1S/C17H28O2S/c1-18-17-11-9-10-16(14-17)15-19-12-7-5-3-2-4-6-8-13-20/h9-11,14,20H,2-8,12-13,15H2,1H3. The summed E-state index contributed by atoms with van der Waals surface area (Å²) in [5.74, 6) is 1.92. The molecule has 0 saturated heterocycles. The molecule has 0 bridgehead atoms. The molecular weight excluding hydrogens is 268 g/mol. The highest BCUT2D eigenvalue weighted by Gasteiger charge is 1.96. The van der Waals surface area contributed by atoms with Crippen LogP contribution in [0.1, 0.15) is 50.5 Å². The van der Waals surface area contributed by atoms with Crippen molar-refractivity contribution in [2.45, 2.75) is 51.6 Å². The molecule has 0 aromatic heterocycles. The van der Waals surface area contributed by atoms with E-state index < -0.39 is 0 Å². The molecule has 0 fully saturated rings. The molecule has 0 spiro atoms. The summed E-state index contributed by atoms with van der Waals surface area (Å²) in [6, 6.07) is 8.06. The van der Waals surface area contributed by atoms with Gasteiger partial charge in [-0.25, -0.2) is 0 Å². The zero-order valence-corrected chi connectivity index (χ0v) is 13.5. The highest BCUT2D eigenvalue weighted by atomic mass is 32.1. The average molecular weight is 296 g/mol. The molecule has 0 heterocycles. The van der Waals surface area contributed by atoms with Gasteiger partial charge in [0.1, 0.15) is 5.75 Å². The summed E-state index contributed by atoms with van der Waals surface area (Å²) in [6.45, 7) is 1.53. The van der Waals surface area contributed by atoms with Crippen LogP contribution in [0.2, 0.25) is 0 Å². The Kier molecular flexibility index (Phi) is 10.5. The molecule has 1 aromatic carbocycles. The molecule has 0 unspecified atom stereocenters. The first kappa shape index (κ1) is 17.4. The van der Waals surface area contributed by atoms with Crippen LogP contribution in [0.25, 0.3) is 0 Å². The third-order valence-corrected chi connectivity index (χ3v) is 3.67. The zero-order valence-electron chi connectivity index (χ0n) is 12.6. The Hall–Kier alpha value is -0.670. The Balaban J connectivity index is 1.94. The minimum Gasteiger partial charge on any atom is -0.497 e. The Bertz CT molecular complexity index is 342. The molecule has 0 aliphatic heterocycles. The summed E-state index contributed by atoms with van der Waals surface area (Å²) in [5, 5.41) is 0. The van der Waals surface area contributed by atoms with Crippen molar-refractivity contribution in [1.29, 1.82) is 0 Å². The second-order valence-electron chi connectivity index (χ2n) is 5.10. The molecule has 0 radical (unpaired) electrons. The molecule has 1 rings (SSSR count). The normalized spacial score (nSPS) is 10.7. The number of rotatable bonds is 12. The third kappa shape index (κ3) is 8.49. The van der Waals surface area contributed by atoms with Gasteiger partial charge in [0, 0.05) is 6.61 Å². The van der Waals surface area contributed by atoms with Crippen LogP contribution in [0, 0.1) is 0 Å². The number of hydrogen-bond acceptors (Lipinski definition) is 3. The largest absolute Gasteiger partial charge is 0.497 e. The fourth-order valence-corrected chi connectivity index (χ4v) is 2.38. The van der Waals surface area contributed by atoms with Crippen LogP contribution in [0.4, 0.5) is 0 Å². The third-order valence-electron chi connectivity index (χ3n) is 3.35. The monoisotopic (exact) mass is 296 g/mol. The first-order valence-electron chi connectivity index (χ1n) is 7.68. The zero-order chi connectivity index (χ0) is 14.5. The summed E-state index contributed by atoms with van der Waals surface area (Å²) in [7, 11) is 1.69. The van der Waals surface area contributed by atoms with Gasteiger partial charge in [0.15, 0.2) is 0 Å². The van der Waals surface area contributed by atoms with Gasteiger partial charge in [-0.2, -0.15) is 12.6 Å². The summed E-state index contributed by atoms with van der Waals surface area (Å²) < 4.78 is 10.9. The number of hydrogen-bond donors (Lipinski definition) is 1. The molecule has 0 amide bonds. The predicted octanol–water partition coefficient (Wildman–Crippen LogP) is 4.87. The summed E-state index contributed by atoms with van der Waals surface area (Å²) >= 11 is 4.22. The minimum atomic E-state index is 0.680. The molecule has 20 heavy (non-hydrogen) atoms. The summed E-state index contributed by atoms with van der Waals surface area (Å²) in [6.07, 6.45) is 9.06. The Morgan fingerprint density at radius 3 is 2.35 bits per heavy atom. The summed E-state index contributed by atoms with van der Waals surface area (Å²) in [4.78, 5) is 0. The van der Waals surface area contributed by atoms with Crippen LogP contribution < -0.4 is 4.74 Å². The van der Waals surface area contributed by atoms with Gasteiger partial charge < -0.3 is 9.47 Å². The van der Waals surface area contributed by atoms with Crippen LogP contribution in [-0.2, 0) is 11.3 Å². The predicted molar refractivity (Wildman–Crippen MR) is 88.8 cm³/mol. The molecule has 0 saturated carbocycles. The molecule has 3 heteroatoms. The number of ether oxygens (including phenoxy) is 2. The van der Waals surface area contributed by atoms with E-state index in [2.05, 4.69) is 18.7 Å². The van der Waals surface area contributed by atoms with Crippen molar-refractivity contribution in [3.05, 3.63) is 29.8 Å². The molecule has 1 aromatic rings. The van der Waals surface area contributed by atoms with Crippen molar-refractivity contribution in [3.8, 4) is 5.75 Å². The Morgan fingerprint density at radius 1 is 0.950 bits per heavy atom. The van der Waals surface area contributed by atoms with Gasteiger partial charge in [-0.15, -0.1) is 0 Å². The van der Waals surface area contributed by atoms with Crippen LogP contribution in [0.5, 0.6) is 5.75 Å². The van der Waals surface area contributed by atoms with E-state index in [1.807, 2.05) is 18.2 Å². The van der Waals surface area contributed by atoms with Crippen molar-refractivity contribution < 1.29 is 9.47 Å². The van der Waals surface area contributed by atoms with E-state index in [9.17, 15) is 0 Å². The maximum Gasteiger partial charge on any atom is 0.119 e. The summed E-state index contributed by atoms with van der Waals surface area (Å²) in [5.41, 5.74) is 1.18. The van der Waals surface area contributed by atoms with Crippen molar-refractivity contribution in [3.63, 3.8) is 0 Å². The SMILES string of the molecule is COc1cccc(COCCCCCCCCCS)c1. The topological polar surface area (TPSA) is 18.5 Å². The van der Waals surface area contributed by atoms with Crippen molar-refractivity contribution in [1.82, 2.24) is 0 Å². The van der Waals surface area contributed by atoms with Crippen molar-refractivity contribution in [2.24, 2.45) is 0 Å². The van der Waals surface area contributed by atoms with Crippen LogP contribution in [0.3, 0.4) is 0 Å². The second-order valence-corrected chi connectivity index (χ2v) is 5.55. The van der Waals surface area contributed by atoms with Gasteiger partial charge in [-0.3, -0.25) is 0 Å². The van der Waals surface area contributed by atoms with Gasteiger partial charge in [-0.05, 0) is 36.3 Å². The fraction of sp³-hybridized carbons (Fsp3) is 0.647. The number of benzene rings is 1. The molecule has 0 atom stereocenters. The lowest BCUT2D eigenvalue weighted by Gasteiger charge is -2.06. The highest BCUT2D eigenvalue weighted by molar-refractivity contribution is 7.80. The number of thiol groups is 1. The molecule has 0 aliphatic carbocycles. The van der Waals surface area contributed by atoms with E-state index in [0.29, 0.717) is 6.61 Å². The molecule has 114 valence electrons. The molecule has 0 N–H and O–H groups in total. The Labute approximate surface area is 129 Å². The Morgan fingerprint density at radius 2 is 1.65 bits per heavy atom. The number of unbranched alkanes of at least 4 members (excludes halogenated alkanes) is 6. The van der Waals surface area contributed by atoms with E-state index in [1.165, 1.54) is 44.1 Å². The van der Waals surface area contributed by atoms with Gasteiger partial charge in [0.2, 0.25) is 0 Å². The van der Waals surface area contributed by atoms with Gasteiger partial charge in [-0.1, -0.05) is 44.2 Å². The lowest BCUT2D eigenvalue weighted by molar-refractivity contribution is 0.116. The van der Waals surface area contributed by atoms with Crippen LogP contribution >= 0.6 is 12.6 Å². The van der Waals surface area contributed by atoms with Gasteiger partial charge in [0.05, 0.1) is 13.7 Å². The second kappa shape index (κ2) is 12.1. The molecule has 2 nitrogen and oxygen atoms in total. The smallest absolute Gasteiger partial charge is 0.119 e. The first-order valence-corrected chi connectivity index (χ1v) is 8.31. The van der Waals surface area contributed by atoms with E-state index in [-0.39, 0.29) is 0 Å². The fourth-order valence-electron chi connectivity index (χ4n) is 2.15. The van der Waals surface area contributed by atoms with Crippen molar-refractivity contribution in [2.75, 3.05) is 19.5 Å². The van der Waals surface area contributed by atoms with Gasteiger partial charge >= 0.3 is 0 Å². The molecular formula is C17H28O2S. The average Bonchev–Trinajstić information content (AvgIpc) is 2.49. The van der Waals surface area contributed by atoms with Crippen molar-refractivity contribution >= 4 is 12.6 Å². The maximum absolute atomic E-state index is 5.70. The van der Waals surface area contributed by atoms with E-state index in [1.54, 1.807) is 7.11 Å². The van der Waals surface area contributed by atoms with E-state index in [0.717, 1.165) is 24.5 Å². The van der Waals surface area contributed by atoms with Crippen LogP contribution in [-0.4, -0.2) is 19.5 Å².